The van der Waals surface area contributed by atoms with Gasteiger partial charge in [0, 0.05) is 11.1 Å². The van der Waals surface area contributed by atoms with Crippen LogP contribution >= 0.6 is 0 Å². The minimum absolute atomic E-state index is 0.138. The lowest BCUT2D eigenvalue weighted by Gasteiger charge is -2.15. The molecule has 1 amide bonds. The highest BCUT2D eigenvalue weighted by atomic mass is 19.4. The second-order valence-corrected chi connectivity index (χ2v) is 3.96. The summed E-state index contributed by atoms with van der Waals surface area (Å²) in [4.78, 5) is 11.3. The van der Waals surface area contributed by atoms with Crippen molar-refractivity contribution >= 4 is 5.91 Å². The van der Waals surface area contributed by atoms with E-state index in [-0.39, 0.29) is 11.1 Å². The van der Waals surface area contributed by atoms with E-state index >= 15 is 0 Å². The Labute approximate surface area is 107 Å². The summed E-state index contributed by atoms with van der Waals surface area (Å²) in [5.74, 6) is -0.884. The van der Waals surface area contributed by atoms with Crippen molar-refractivity contribution < 1.29 is 18.0 Å². The molecule has 0 atom stereocenters. The number of nitrogens with two attached hydrogens (primary N) is 1. The van der Waals surface area contributed by atoms with Crippen LogP contribution in [0.5, 0.6) is 0 Å². The van der Waals surface area contributed by atoms with Crippen molar-refractivity contribution in [3.63, 3.8) is 0 Å². The lowest BCUT2D eigenvalue weighted by molar-refractivity contribution is -0.137. The van der Waals surface area contributed by atoms with E-state index in [1.165, 1.54) is 24.3 Å². The number of halogens is 3. The molecule has 0 aromatic heterocycles. The van der Waals surface area contributed by atoms with Gasteiger partial charge in [-0.2, -0.15) is 13.2 Å². The third-order valence-corrected chi connectivity index (χ3v) is 2.70. The molecule has 19 heavy (non-hydrogen) atoms. The lowest BCUT2D eigenvalue weighted by Crippen LogP contribution is -2.16. The first-order chi connectivity index (χ1) is 8.91. The molecule has 0 saturated heterocycles. The van der Waals surface area contributed by atoms with Crippen LogP contribution in [0.4, 0.5) is 13.2 Å². The Hall–Kier alpha value is -2.30. The maximum atomic E-state index is 13.0. The number of hydrogen-bond acceptors (Lipinski definition) is 1. The van der Waals surface area contributed by atoms with E-state index in [0.29, 0.717) is 5.56 Å². The average molecular weight is 265 g/mol. The Kier molecular flexibility index (Phi) is 3.29. The van der Waals surface area contributed by atoms with Gasteiger partial charge in [-0.3, -0.25) is 4.79 Å². The van der Waals surface area contributed by atoms with E-state index in [4.69, 9.17) is 5.73 Å². The molecule has 0 aliphatic heterocycles. The van der Waals surface area contributed by atoms with Gasteiger partial charge in [-0.25, -0.2) is 0 Å². The number of carbonyl (C=O) groups excluding carboxylic acids is 1. The second-order valence-electron chi connectivity index (χ2n) is 3.96. The number of alkyl halides is 3. The Balaban J connectivity index is 2.78. The highest BCUT2D eigenvalue weighted by Gasteiger charge is 2.35. The summed E-state index contributed by atoms with van der Waals surface area (Å²) < 4.78 is 39.1. The fourth-order valence-electron chi connectivity index (χ4n) is 1.91. The summed E-state index contributed by atoms with van der Waals surface area (Å²) in [7, 11) is 0. The molecule has 0 aliphatic carbocycles. The first-order valence-corrected chi connectivity index (χ1v) is 5.46. The third kappa shape index (κ3) is 2.59. The zero-order valence-corrected chi connectivity index (χ0v) is 9.74. The topological polar surface area (TPSA) is 43.1 Å². The molecule has 98 valence electrons. The van der Waals surface area contributed by atoms with E-state index < -0.39 is 17.6 Å². The fraction of sp³-hybridized carbons (Fsp3) is 0.0714. The van der Waals surface area contributed by atoms with Gasteiger partial charge in [0.1, 0.15) is 0 Å². The number of rotatable bonds is 2. The van der Waals surface area contributed by atoms with Crippen LogP contribution in [-0.2, 0) is 6.18 Å². The van der Waals surface area contributed by atoms with E-state index in [1.807, 2.05) is 0 Å². The lowest BCUT2D eigenvalue weighted by atomic mass is 9.93. The molecule has 0 spiro atoms. The highest BCUT2D eigenvalue weighted by Crippen LogP contribution is 2.38. The highest BCUT2D eigenvalue weighted by molar-refractivity contribution is 6.00. The van der Waals surface area contributed by atoms with Crippen molar-refractivity contribution in [2.45, 2.75) is 6.18 Å². The SMILES string of the molecule is NC(=O)c1cccc(C(F)(F)F)c1-c1ccccc1. The summed E-state index contributed by atoms with van der Waals surface area (Å²) in [6.07, 6.45) is -4.55. The Bertz CT molecular complexity index is 606. The Morgan fingerprint density at radius 3 is 2.11 bits per heavy atom. The van der Waals surface area contributed by atoms with Crippen molar-refractivity contribution in [1.29, 1.82) is 0 Å². The van der Waals surface area contributed by atoms with E-state index in [1.54, 1.807) is 18.2 Å². The van der Waals surface area contributed by atoms with Gasteiger partial charge >= 0.3 is 6.18 Å². The molecule has 5 heteroatoms. The zero-order valence-electron chi connectivity index (χ0n) is 9.74. The minimum Gasteiger partial charge on any atom is -0.366 e. The van der Waals surface area contributed by atoms with Gasteiger partial charge in [0.25, 0.3) is 0 Å². The van der Waals surface area contributed by atoms with Gasteiger partial charge in [0.15, 0.2) is 0 Å². The first-order valence-electron chi connectivity index (χ1n) is 5.46. The van der Waals surface area contributed by atoms with Gasteiger partial charge in [0.2, 0.25) is 5.91 Å². The van der Waals surface area contributed by atoms with Gasteiger partial charge in [-0.05, 0) is 17.7 Å². The molecule has 0 unspecified atom stereocenters. The smallest absolute Gasteiger partial charge is 0.366 e. The van der Waals surface area contributed by atoms with E-state index in [0.717, 1.165) is 6.07 Å². The summed E-state index contributed by atoms with van der Waals surface area (Å²) in [6, 6.07) is 11.3. The first kappa shape index (κ1) is 13.1. The van der Waals surface area contributed by atoms with Crippen molar-refractivity contribution in [2.75, 3.05) is 0 Å². The van der Waals surface area contributed by atoms with Crippen molar-refractivity contribution in [2.24, 2.45) is 5.73 Å². The van der Waals surface area contributed by atoms with Crippen LogP contribution in [0, 0.1) is 0 Å². The zero-order chi connectivity index (χ0) is 14.0. The molecule has 0 radical (unpaired) electrons. The van der Waals surface area contributed by atoms with Crippen LogP contribution in [0.3, 0.4) is 0 Å². The predicted octanol–water partition coefficient (Wildman–Crippen LogP) is 3.47. The molecule has 0 bridgehead atoms. The van der Waals surface area contributed by atoms with E-state index in [2.05, 4.69) is 0 Å². The third-order valence-electron chi connectivity index (χ3n) is 2.70. The quantitative estimate of drug-likeness (QED) is 0.887. The van der Waals surface area contributed by atoms with Crippen LogP contribution in [0.25, 0.3) is 11.1 Å². The molecule has 2 rings (SSSR count). The summed E-state index contributed by atoms with van der Waals surface area (Å²) in [5, 5.41) is 0. The monoisotopic (exact) mass is 265 g/mol. The van der Waals surface area contributed by atoms with Gasteiger partial charge in [0.05, 0.1) is 5.56 Å². The Morgan fingerprint density at radius 1 is 0.947 bits per heavy atom. The van der Waals surface area contributed by atoms with Crippen LogP contribution in [0.15, 0.2) is 48.5 Å². The molecule has 0 fully saturated rings. The van der Waals surface area contributed by atoms with Crippen LogP contribution < -0.4 is 5.73 Å². The molecular formula is C14H10F3NO. The molecule has 2 N–H and O–H groups in total. The van der Waals surface area contributed by atoms with Crippen molar-refractivity contribution in [3.05, 3.63) is 59.7 Å². The maximum Gasteiger partial charge on any atom is 0.417 e. The summed E-state index contributed by atoms with van der Waals surface area (Å²) >= 11 is 0. The largest absolute Gasteiger partial charge is 0.417 e. The Morgan fingerprint density at radius 2 is 1.58 bits per heavy atom. The molecule has 2 aromatic rings. The molecular weight excluding hydrogens is 255 g/mol. The average Bonchev–Trinajstić information content (AvgIpc) is 2.37. The number of benzene rings is 2. The number of carbonyl (C=O) groups is 1. The standard InChI is InChI=1S/C14H10F3NO/c15-14(16,17)11-8-4-7-10(13(18)19)12(11)9-5-2-1-3-6-9/h1-8H,(H2,18,19). The normalized spacial score (nSPS) is 11.3. The molecule has 2 aromatic carbocycles. The van der Waals surface area contributed by atoms with Crippen LogP contribution in [0.2, 0.25) is 0 Å². The van der Waals surface area contributed by atoms with Crippen molar-refractivity contribution in [1.82, 2.24) is 0 Å². The number of primary amides is 1. The molecule has 0 saturated carbocycles. The number of hydrogen-bond donors (Lipinski definition) is 1. The summed E-state index contributed by atoms with van der Waals surface area (Å²) in [5.41, 5.74) is 4.29. The van der Waals surface area contributed by atoms with Crippen LogP contribution in [0.1, 0.15) is 15.9 Å². The predicted molar refractivity (Wildman–Crippen MR) is 65.4 cm³/mol. The number of amides is 1. The van der Waals surface area contributed by atoms with Gasteiger partial charge < -0.3 is 5.73 Å². The van der Waals surface area contributed by atoms with Gasteiger partial charge in [-0.1, -0.05) is 36.4 Å². The molecule has 2 nitrogen and oxygen atoms in total. The van der Waals surface area contributed by atoms with Crippen molar-refractivity contribution in [3.8, 4) is 11.1 Å². The van der Waals surface area contributed by atoms with Crippen LogP contribution in [-0.4, -0.2) is 5.91 Å². The molecule has 0 aliphatic rings. The summed E-state index contributed by atoms with van der Waals surface area (Å²) in [6.45, 7) is 0. The maximum absolute atomic E-state index is 13.0. The minimum atomic E-state index is -4.55. The second kappa shape index (κ2) is 4.76. The van der Waals surface area contributed by atoms with E-state index in [9.17, 15) is 18.0 Å². The molecule has 0 heterocycles. The van der Waals surface area contributed by atoms with Gasteiger partial charge in [-0.15, -0.1) is 0 Å². The fourth-order valence-corrected chi connectivity index (χ4v) is 1.91.